The number of rotatable bonds is 11. The van der Waals surface area contributed by atoms with E-state index in [2.05, 4.69) is 65.0 Å². The van der Waals surface area contributed by atoms with Gasteiger partial charge in [-0.2, -0.15) is 0 Å². The Hall–Kier alpha value is -11.6. The van der Waals surface area contributed by atoms with Crippen molar-refractivity contribution in [2.24, 2.45) is 0 Å². The highest BCUT2D eigenvalue weighted by Gasteiger charge is 2.18. The number of ether oxygens (including phenoxy) is 2. The zero-order chi connectivity index (χ0) is 58.8. The summed E-state index contributed by atoms with van der Waals surface area (Å²) in [6, 6.07) is 31.7. The Morgan fingerprint density at radius 2 is 0.728 bits per heavy atom. The number of aromatic nitrogens is 9. The molecule has 0 saturated carbocycles. The molecule has 3 aromatic carbocycles. The fraction of sp³-hybridized carbons (Fsp3) is 0.0893. The molecule has 0 bridgehead atoms. The lowest BCUT2D eigenvalue weighted by Gasteiger charge is -2.09. The first-order chi connectivity index (χ1) is 38.7. The van der Waals surface area contributed by atoms with Crippen molar-refractivity contribution in [3.63, 3.8) is 0 Å². The van der Waals surface area contributed by atoms with Crippen LogP contribution in [-0.4, -0.2) is 105 Å². The number of pyridine rings is 3. The van der Waals surface area contributed by atoms with E-state index < -0.39 is 35.7 Å². The number of aryl methyl sites for hydroxylation is 3. The van der Waals surface area contributed by atoms with E-state index >= 15 is 0 Å². The standard InChI is InChI=1S/C19H17N5O3.C18H15N5O3.C12H11N3O2.C7H8N2O2/c1-11-3-5-12(6-4-11)15-10-22-17(20)16(24-15)18(25)23-13-7-8-14(21-9-13)19(26)27-2;1-10-2-4-11(5-3-10)14-9-21-16(19)15(23-14)17(24)22-12-6-7-13(18(25)26)20-8-12;1-7-2-4-8(5-3-7)9-6-14-11(13)10(15-9)12(16)17;1-11-7(10)6-3-2-5(8)4-9-6/h3-10H,1-2H3,(H2,20,22)(H,23,25);2-9H,1H3,(H2,19,21)(H,22,24)(H,25,26);2-6H,1H3,(H2,13,14)(H,16,17);2-4H,8H2,1H3. The van der Waals surface area contributed by atoms with Crippen LogP contribution in [0.1, 0.15) is 79.6 Å². The van der Waals surface area contributed by atoms with E-state index in [9.17, 15) is 28.8 Å². The van der Waals surface area contributed by atoms with Gasteiger partial charge in [-0.15, -0.1) is 0 Å². The third-order valence-corrected chi connectivity index (χ3v) is 10.9. The number of carbonyl (C=O) groups is 6. The second-order valence-corrected chi connectivity index (χ2v) is 16.9. The van der Waals surface area contributed by atoms with Gasteiger partial charge in [0.2, 0.25) is 0 Å². The monoisotopic (exact) mass is 1090 g/mol. The van der Waals surface area contributed by atoms with E-state index in [0.29, 0.717) is 34.1 Å². The molecule has 410 valence electrons. The first kappa shape index (κ1) is 58.6. The van der Waals surface area contributed by atoms with E-state index in [-0.39, 0.29) is 51.6 Å². The number of nitrogen functional groups attached to an aromatic ring is 4. The topological polar surface area (TPSA) is 405 Å². The Morgan fingerprint density at radius 1 is 0.395 bits per heavy atom. The van der Waals surface area contributed by atoms with Crippen LogP contribution in [0.2, 0.25) is 0 Å². The van der Waals surface area contributed by atoms with Gasteiger partial charge in [0.25, 0.3) is 11.8 Å². The average Bonchev–Trinajstić information content (AvgIpc) is 3.52. The van der Waals surface area contributed by atoms with E-state index in [4.69, 9.17) is 33.1 Å². The summed E-state index contributed by atoms with van der Waals surface area (Å²) in [4.78, 5) is 105. The molecule has 0 aliphatic carbocycles. The quantitative estimate of drug-likeness (QED) is 0.0602. The number of methoxy groups -OCH3 is 2. The van der Waals surface area contributed by atoms with Crippen LogP contribution in [-0.2, 0) is 9.47 Å². The summed E-state index contributed by atoms with van der Waals surface area (Å²) in [5, 5.41) is 23.0. The number of carboxylic acids is 2. The van der Waals surface area contributed by atoms with Gasteiger partial charge in [0.05, 0.1) is 85.5 Å². The molecular weight excluding hydrogens is 1040 g/mol. The molecule has 6 heterocycles. The minimum Gasteiger partial charge on any atom is -0.477 e. The maximum atomic E-state index is 12.5. The Kier molecular flexibility index (Phi) is 19.9. The number of nitrogens with zero attached hydrogens (tertiary/aromatic N) is 9. The molecule has 81 heavy (non-hydrogen) atoms. The van der Waals surface area contributed by atoms with Crippen LogP contribution in [0.5, 0.6) is 0 Å². The predicted molar refractivity (Wildman–Crippen MR) is 299 cm³/mol. The Bertz CT molecular complexity index is 3700. The van der Waals surface area contributed by atoms with Crippen LogP contribution in [0.25, 0.3) is 33.8 Å². The number of carbonyl (C=O) groups excluding carboxylic acids is 4. The van der Waals surface area contributed by atoms with Crippen LogP contribution in [0, 0.1) is 20.8 Å². The van der Waals surface area contributed by atoms with Gasteiger partial charge < -0.3 is 53.3 Å². The number of anilines is 6. The molecule has 25 nitrogen and oxygen atoms in total. The van der Waals surface area contributed by atoms with Gasteiger partial charge in [0, 0.05) is 16.7 Å². The lowest BCUT2D eigenvalue weighted by Crippen LogP contribution is -2.17. The molecule has 9 rings (SSSR count). The summed E-state index contributed by atoms with van der Waals surface area (Å²) >= 11 is 0. The van der Waals surface area contributed by atoms with Gasteiger partial charge in [-0.05, 0) is 57.2 Å². The van der Waals surface area contributed by atoms with Crippen LogP contribution in [0.4, 0.5) is 34.5 Å². The van der Waals surface area contributed by atoms with Gasteiger partial charge in [0.1, 0.15) is 17.1 Å². The molecule has 12 N–H and O–H groups in total. The summed E-state index contributed by atoms with van der Waals surface area (Å²) in [5.41, 5.74) is 31.0. The number of amides is 2. The van der Waals surface area contributed by atoms with Crippen molar-refractivity contribution in [3.05, 3.63) is 197 Å². The van der Waals surface area contributed by atoms with Crippen molar-refractivity contribution in [2.75, 3.05) is 47.8 Å². The number of hydrogen-bond acceptors (Lipinski definition) is 21. The van der Waals surface area contributed by atoms with E-state index in [1.54, 1.807) is 6.07 Å². The second kappa shape index (κ2) is 27.4. The van der Waals surface area contributed by atoms with Crippen molar-refractivity contribution < 1.29 is 48.5 Å². The third-order valence-electron chi connectivity index (χ3n) is 10.9. The number of carboxylic acid groups (broad SMARTS) is 2. The van der Waals surface area contributed by atoms with Crippen LogP contribution >= 0.6 is 0 Å². The summed E-state index contributed by atoms with van der Waals surface area (Å²) in [5.74, 6) is -4.49. The molecule has 25 heteroatoms. The van der Waals surface area contributed by atoms with Crippen LogP contribution in [0.3, 0.4) is 0 Å². The normalized spacial score (nSPS) is 10.1. The number of aromatic carboxylic acids is 2. The summed E-state index contributed by atoms with van der Waals surface area (Å²) in [7, 11) is 2.57. The zero-order valence-corrected chi connectivity index (χ0v) is 43.9. The van der Waals surface area contributed by atoms with E-state index in [1.807, 2.05) is 93.6 Å². The summed E-state index contributed by atoms with van der Waals surface area (Å²) in [6.45, 7) is 5.93. The minimum atomic E-state index is -1.18. The lowest BCUT2D eigenvalue weighted by molar-refractivity contribution is 0.0585. The van der Waals surface area contributed by atoms with Gasteiger partial charge in [-0.1, -0.05) is 89.5 Å². The van der Waals surface area contributed by atoms with Crippen molar-refractivity contribution in [1.82, 2.24) is 44.9 Å². The SMILES string of the molecule is COC(=O)c1ccc(N)cn1.COC(=O)c1ccc(NC(=O)c2nc(-c3ccc(C)cc3)cnc2N)cn1.Cc1ccc(-c2cnc(N)c(C(=O)Nc3ccc(C(=O)O)nc3)n2)cc1.Cc1ccc(-c2cnc(N)c(C(=O)O)n2)cc1. The number of nitrogens with two attached hydrogens (primary N) is 4. The highest BCUT2D eigenvalue weighted by molar-refractivity contribution is 6.07. The maximum absolute atomic E-state index is 12.5. The molecule has 0 radical (unpaired) electrons. The number of esters is 2. The Morgan fingerprint density at radius 3 is 1.04 bits per heavy atom. The van der Waals surface area contributed by atoms with Crippen molar-refractivity contribution in [2.45, 2.75) is 20.8 Å². The lowest BCUT2D eigenvalue weighted by atomic mass is 10.1. The first-order valence-corrected chi connectivity index (χ1v) is 23.7. The molecule has 0 spiro atoms. The number of benzene rings is 3. The molecule has 0 fully saturated rings. The van der Waals surface area contributed by atoms with Crippen LogP contribution < -0.4 is 33.6 Å². The fourth-order valence-electron chi connectivity index (χ4n) is 6.58. The number of nitrogens with one attached hydrogen (secondary N) is 2. The highest BCUT2D eigenvalue weighted by Crippen LogP contribution is 2.23. The molecule has 2 amide bonds. The summed E-state index contributed by atoms with van der Waals surface area (Å²) < 4.78 is 9.02. The average molecular weight is 1090 g/mol. The molecule has 0 aliphatic rings. The van der Waals surface area contributed by atoms with Gasteiger partial charge >= 0.3 is 23.9 Å². The zero-order valence-electron chi connectivity index (χ0n) is 43.9. The van der Waals surface area contributed by atoms with Crippen molar-refractivity contribution >= 4 is 70.2 Å². The minimum absolute atomic E-state index is 0.00474. The van der Waals surface area contributed by atoms with Gasteiger partial charge in [0.15, 0.2) is 34.5 Å². The molecule has 0 unspecified atom stereocenters. The van der Waals surface area contributed by atoms with Gasteiger partial charge in [-0.25, -0.2) is 64.0 Å². The molecular formula is C56H51N15O10. The maximum Gasteiger partial charge on any atom is 0.358 e. The van der Waals surface area contributed by atoms with Crippen molar-refractivity contribution in [1.29, 1.82) is 0 Å². The first-order valence-electron chi connectivity index (χ1n) is 23.7. The third kappa shape index (κ3) is 16.4. The van der Waals surface area contributed by atoms with E-state index in [0.717, 1.165) is 33.4 Å². The Balaban J connectivity index is 0.000000182. The largest absolute Gasteiger partial charge is 0.477 e. The smallest absolute Gasteiger partial charge is 0.358 e. The van der Waals surface area contributed by atoms with Crippen molar-refractivity contribution in [3.8, 4) is 33.8 Å². The Labute approximate surface area is 461 Å². The predicted octanol–water partition coefficient (Wildman–Crippen LogP) is 7.03. The van der Waals surface area contributed by atoms with Gasteiger partial charge in [-0.3, -0.25) is 9.59 Å². The van der Waals surface area contributed by atoms with E-state index in [1.165, 1.54) is 81.7 Å². The molecule has 6 aromatic heterocycles. The summed E-state index contributed by atoms with van der Waals surface area (Å²) in [6.07, 6.45) is 8.48. The molecule has 9 aromatic rings. The second-order valence-electron chi connectivity index (χ2n) is 16.9. The fourth-order valence-corrected chi connectivity index (χ4v) is 6.58. The number of hydrogen-bond donors (Lipinski definition) is 8. The molecule has 0 atom stereocenters. The highest BCUT2D eigenvalue weighted by atomic mass is 16.5. The van der Waals surface area contributed by atoms with Crippen LogP contribution in [0.15, 0.2) is 146 Å². The molecule has 0 saturated heterocycles. The molecule has 0 aliphatic heterocycles.